The van der Waals surface area contributed by atoms with Crippen LogP contribution in [0.1, 0.15) is 5.82 Å². The molecule has 6 nitrogen and oxygen atoms in total. The van der Waals surface area contributed by atoms with Crippen molar-refractivity contribution in [3.05, 3.63) is 54.1 Å². The summed E-state index contributed by atoms with van der Waals surface area (Å²) in [5, 5.41) is 0. The first-order chi connectivity index (χ1) is 11.0. The number of benzene rings is 2. The van der Waals surface area contributed by atoms with Crippen LogP contribution in [-0.2, 0) is 21.4 Å². The van der Waals surface area contributed by atoms with Crippen molar-refractivity contribution in [1.29, 1.82) is 0 Å². The lowest BCUT2D eigenvalue weighted by Crippen LogP contribution is -2.12. The van der Waals surface area contributed by atoms with E-state index in [4.69, 9.17) is 4.74 Å². The predicted octanol–water partition coefficient (Wildman–Crippen LogP) is 2.65. The van der Waals surface area contributed by atoms with Gasteiger partial charge < -0.3 is 9.72 Å². The highest BCUT2D eigenvalue weighted by Crippen LogP contribution is 2.21. The molecule has 1 aromatic heterocycles. The molecule has 0 aliphatic rings. The molecule has 0 bridgehead atoms. The molecule has 2 aromatic carbocycles. The fourth-order valence-corrected chi connectivity index (χ4v) is 3.21. The zero-order valence-electron chi connectivity index (χ0n) is 12.2. The first kappa shape index (κ1) is 15.4. The van der Waals surface area contributed by atoms with E-state index in [1.807, 2.05) is 0 Å². The number of hydrogen-bond donors (Lipinski definition) is 2. The number of aromatic amines is 1. The van der Waals surface area contributed by atoms with Crippen molar-refractivity contribution < 1.29 is 17.5 Å². The van der Waals surface area contributed by atoms with Crippen LogP contribution in [0.2, 0.25) is 0 Å². The van der Waals surface area contributed by atoms with E-state index >= 15 is 0 Å². The molecule has 3 aromatic rings. The van der Waals surface area contributed by atoms with Crippen molar-refractivity contribution in [1.82, 2.24) is 9.97 Å². The molecule has 0 aliphatic heterocycles. The Morgan fingerprint density at radius 2 is 1.96 bits per heavy atom. The van der Waals surface area contributed by atoms with Gasteiger partial charge in [0.2, 0.25) is 0 Å². The number of H-pyrrole nitrogens is 1. The molecule has 8 heteroatoms. The van der Waals surface area contributed by atoms with Crippen LogP contribution in [-0.4, -0.2) is 25.5 Å². The zero-order valence-corrected chi connectivity index (χ0v) is 13.0. The quantitative estimate of drug-likeness (QED) is 0.751. The Morgan fingerprint density at radius 1 is 1.22 bits per heavy atom. The summed E-state index contributed by atoms with van der Waals surface area (Å²) < 4.78 is 44.9. The van der Waals surface area contributed by atoms with Crippen LogP contribution < -0.4 is 4.72 Å². The van der Waals surface area contributed by atoms with Crippen LogP contribution in [0.15, 0.2) is 47.4 Å². The summed E-state index contributed by atoms with van der Waals surface area (Å²) in [7, 11) is -2.21. The van der Waals surface area contributed by atoms with Gasteiger partial charge in [0.1, 0.15) is 18.2 Å². The minimum absolute atomic E-state index is 0.0105. The van der Waals surface area contributed by atoms with Crippen molar-refractivity contribution >= 4 is 26.7 Å². The smallest absolute Gasteiger partial charge is 0.261 e. The number of ether oxygens (including phenoxy) is 1. The van der Waals surface area contributed by atoms with Crippen molar-refractivity contribution in [2.75, 3.05) is 11.8 Å². The Kier molecular flexibility index (Phi) is 4.01. The van der Waals surface area contributed by atoms with E-state index in [1.165, 1.54) is 12.1 Å². The van der Waals surface area contributed by atoms with Crippen molar-refractivity contribution in [3.8, 4) is 0 Å². The van der Waals surface area contributed by atoms with Crippen LogP contribution >= 0.6 is 0 Å². The van der Waals surface area contributed by atoms with Gasteiger partial charge in [0, 0.05) is 7.11 Å². The molecule has 0 fully saturated rings. The Morgan fingerprint density at radius 3 is 2.65 bits per heavy atom. The first-order valence-corrected chi connectivity index (χ1v) is 8.22. The third-order valence-corrected chi connectivity index (χ3v) is 4.59. The molecule has 0 atom stereocenters. The molecule has 23 heavy (non-hydrogen) atoms. The molecular formula is C15H14FN3O3S. The van der Waals surface area contributed by atoms with Gasteiger partial charge in [-0.25, -0.2) is 17.8 Å². The summed E-state index contributed by atoms with van der Waals surface area (Å²) in [5.41, 5.74) is 1.78. The predicted molar refractivity (Wildman–Crippen MR) is 84.0 cm³/mol. The van der Waals surface area contributed by atoms with E-state index in [9.17, 15) is 12.8 Å². The number of fused-ring (bicyclic) bond motifs is 1. The molecule has 0 radical (unpaired) electrons. The average Bonchev–Trinajstić information content (AvgIpc) is 2.89. The normalized spacial score (nSPS) is 11.7. The number of aromatic nitrogens is 2. The Hall–Kier alpha value is -2.45. The summed E-state index contributed by atoms with van der Waals surface area (Å²) in [6.07, 6.45) is 0. The lowest BCUT2D eigenvalue weighted by molar-refractivity contribution is 0.179. The number of nitrogens with zero attached hydrogens (tertiary/aromatic N) is 1. The average molecular weight is 335 g/mol. The summed E-state index contributed by atoms with van der Waals surface area (Å²) >= 11 is 0. The minimum Gasteiger partial charge on any atom is -0.377 e. The number of imidazole rings is 1. The lowest BCUT2D eigenvalue weighted by atomic mass is 10.3. The van der Waals surface area contributed by atoms with E-state index in [2.05, 4.69) is 14.7 Å². The van der Waals surface area contributed by atoms with Crippen LogP contribution in [0.3, 0.4) is 0 Å². The van der Waals surface area contributed by atoms with Crippen LogP contribution in [0.4, 0.5) is 10.1 Å². The molecule has 0 amide bonds. The maximum Gasteiger partial charge on any atom is 0.261 e. The van der Waals surface area contributed by atoms with E-state index in [0.717, 1.165) is 12.1 Å². The fraction of sp³-hybridized carbons (Fsp3) is 0.133. The largest absolute Gasteiger partial charge is 0.377 e. The van der Waals surface area contributed by atoms with Gasteiger partial charge in [-0.2, -0.15) is 0 Å². The van der Waals surface area contributed by atoms with Gasteiger partial charge in [-0.3, -0.25) is 4.72 Å². The molecule has 0 unspecified atom stereocenters. The molecule has 2 N–H and O–H groups in total. The molecule has 0 saturated carbocycles. The second-order valence-electron chi connectivity index (χ2n) is 4.91. The first-order valence-electron chi connectivity index (χ1n) is 6.74. The van der Waals surface area contributed by atoms with E-state index in [1.54, 1.807) is 25.3 Å². The van der Waals surface area contributed by atoms with Crippen molar-refractivity contribution in [2.45, 2.75) is 11.5 Å². The summed E-state index contributed by atoms with van der Waals surface area (Å²) in [6, 6.07) is 9.58. The number of sulfonamides is 1. The van der Waals surface area contributed by atoms with Gasteiger partial charge >= 0.3 is 0 Å². The molecule has 120 valence electrons. The van der Waals surface area contributed by atoms with Gasteiger partial charge in [-0.15, -0.1) is 0 Å². The topological polar surface area (TPSA) is 84.1 Å². The Balaban J connectivity index is 1.89. The maximum atomic E-state index is 12.9. The van der Waals surface area contributed by atoms with Crippen LogP contribution in [0, 0.1) is 5.82 Å². The van der Waals surface area contributed by atoms with Gasteiger partial charge in [0.25, 0.3) is 10.0 Å². The molecule has 0 saturated heterocycles. The number of rotatable bonds is 5. The number of nitrogens with one attached hydrogen (secondary N) is 2. The zero-order chi connectivity index (χ0) is 16.4. The van der Waals surface area contributed by atoms with Crippen LogP contribution in [0.25, 0.3) is 11.0 Å². The number of halogens is 1. The molecule has 1 heterocycles. The van der Waals surface area contributed by atoms with Gasteiger partial charge in [-0.05, 0) is 42.5 Å². The monoisotopic (exact) mass is 335 g/mol. The van der Waals surface area contributed by atoms with E-state index in [0.29, 0.717) is 29.2 Å². The number of anilines is 1. The highest BCUT2D eigenvalue weighted by molar-refractivity contribution is 7.92. The van der Waals surface area contributed by atoms with Crippen molar-refractivity contribution in [2.24, 2.45) is 0 Å². The summed E-state index contributed by atoms with van der Waals surface area (Å²) in [5.74, 6) is 0.162. The Labute approximate surface area is 132 Å². The van der Waals surface area contributed by atoms with Gasteiger partial charge in [-0.1, -0.05) is 0 Å². The van der Waals surface area contributed by atoms with E-state index in [-0.39, 0.29) is 4.90 Å². The second-order valence-corrected chi connectivity index (χ2v) is 6.59. The maximum absolute atomic E-state index is 12.9. The summed E-state index contributed by atoms with van der Waals surface area (Å²) in [6.45, 7) is 0.339. The van der Waals surface area contributed by atoms with Crippen molar-refractivity contribution in [3.63, 3.8) is 0 Å². The van der Waals surface area contributed by atoms with E-state index < -0.39 is 15.8 Å². The number of hydrogen-bond acceptors (Lipinski definition) is 4. The second kappa shape index (κ2) is 5.98. The fourth-order valence-electron chi connectivity index (χ4n) is 2.16. The molecule has 0 aliphatic carbocycles. The van der Waals surface area contributed by atoms with Gasteiger partial charge in [0.05, 0.1) is 21.6 Å². The lowest BCUT2D eigenvalue weighted by Gasteiger charge is -2.08. The standard InChI is InChI=1S/C15H14FN3O3S/c1-22-9-15-17-13-7-4-11(8-14(13)18-15)19-23(20,21)12-5-2-10(16)3-6-12/h2-8,19H,9H2,1H3,(H,17,18). The van der Waals surface area contributed by atoms with Crippen LogP contribution in [0.5, 0.6) is 0 Å². The minimum atomic E-state index is -3.78. The molecule has 0 spiro atoms. The summed E-state index contributed by atoms with van der Waals surface area (Å²) in [4.78, 5) is 7.35. The highest BCUT2D eigenvalue weighted by atomic mass is 32.2. The van der Waals surface area contributed by atoms with Gasteiger partial charge in [0.15, 0.2) is 0 Å². The Bertz CT molecular complexity index is 936. The highest BCUT2D eigenvalue weighted by Gasteiger charge is 2.14. The third-order valence-electron chi connectivity index (χ3n) is 3.19. The molecular weight excluding hydrogens is 321 g/mol. The SMILES string of the molecule is COCc1nc2ccc(NS(=O)(=O)c3ccc(F)cc3)cc2[nH]1. The number of methoxy groups -OCH3 is 1. The third kappa shape index (κ3) is 3.33. The molecule has 3 rings (SSSR count).